The first-order valence-corrected chi connectivity index (χ1v) is 15.2. The highest BCUT2D eigenvalue weighted by atomic mass is 32.2. The molecule has 6 nitrogen and oxygen atoms in total. The number of nitrogens with one attached hydrogen (secondary N) is 1. The van der Waals surface area contributed by atoms with Gasteiger partial charge in [0.1, 0.15) is 17.1 Å². The van der Waals surface area contributed by atoms with Crippen molar-refractivity contribution in [2.75, 3.05) is 5.75 Å². The summed E-state index contributed by atoms with van der Waals surface area (Å²) in [5.74, 6) is -0.229. The number of fused-ring (bicyclic) bond motifs is 1. The topological polar surface area (TPSA) is 86.7 Å². The maximum Gasteiger partial charge on any atom is 0.352 e. The lowest BCUT2D eigenvalue weighted by Crippen LogP contribution is -2.70. The summed E-state index contributed by atoms with van der Waals surface area (Å²) in [6.07, 6.45) is 15.6. The van der Waals surface area contributed by atoms with E-state index in [1.165, 1.54) is 73.6 Å². The minimum absolute atomic E-state index is 0.0251. The van der Waals surface area contributed by atoms with Crippen molar-refractivity contribution in [1.82, 2.24) is 10.2 Å². The summed E-state index contributed by atoms with van der Waals surface area (Å²) in [6, 6.07) is 10.2. The Morgan fingerprint density at radius 1 is 1.03 bits per heavy atom. The second kappa shape index (κ2) is 15.2. The second-order valence-corrected chi connectivity index (χ2v) is 11.8. The Bertz CT molecular complexity index is 919. The van der Waals surface area contributed by atoms with Crippen molar-refractivity contribution >= 4 is 29.5 Å². The zero-order valence-corrected chi connectivity index (χ0v) is 23.3. The highest BCUT2D eigenvalue weighted by molar-refractivity contribution is 8.00. The van der Waals surface area contributed by atoms with Gasteiger partial charge >= 0.3 is 5.97 Å². The van der Waals surface area contributed by atoms with Crippen LogP contribution in [0.1, 0.15) is 102 Å². The molecule has 37 heavy (non-hydrogen) atoms. The average Bonchev–Trinajstić information content (AvgIpc) is 2.90. The molecule has 0 aliphatic carbocycles. The van der Waals surface area contributed by atoms with Crippen LogP contribution in [0.3, 0.4) is 0 Å². The summed E-state index contributed by atoms with van der Waals surface area (Å²) in [5, 5.41) is 11.8. The number of unbranched alkanes of at least 4 members (excludes halogenated alkanes) is 6. The number of carboxylic acids is 1. The third-order valence-electron chi connectivity index (χ3n) is 7.59. The Kier molecular flexibility index (Phi) is 12.0. The Morgan fingerprint density at radius 3 is 2.41 bits per heavy atom. The molecule has 2 heterocycles. The lowest BCUT2D eigenvalue weighted by Gasteiger charge is -2.48. The summed E-state index contributed by atoms with van der Waals surface area (Å²) in [5.41, 5.74) is 1.45. The number of amides is 2. The van der Waals surface area contributed by atoms with Crippen LogP contribution in [-0.2, 0) is 14.4 Å². The minimum Gasteiger partial charge on any atom is -0.477 e. The van der Waals surface area contributed by atoms with E-state index in [4.69, 9.17) is 0 Å². The van der Waals surface area contributed by atoms with E-state index in [1.807, 2.05) is 0 Å². The molecule has 1 aromatic carbocycles. The van der Waals surface area contributed by atoms with Gasteiger partial charge in [0.25, 0.3) is 5.91 Å². The van der Waals surface area contributed by atoms with Gasteiger partial charge in [0.05, 0.1) is 0 Å². The monoisotopic (exact) mass is 528 g/mol. The number of carboxylic acid groups (broad SMARTS) is 1. The fourth-order valence-corrected chi connectivity index (χ4v) is 6.65. The molecule has 2 N–H and O–H groups in total. The average molecular weight is 529 g/mol. The number of carbonyl (C=O) groups excluding carboxylic acids is 2. The largest absolute Gasteiger partial charge is 0.477 e. The summed E-state index contributed by atoms with van der Waals surface area (Å²) >= 11 is 1.49. The van der Waals surface area contributed by atoms with Gasteiger partial charge in [-0.3, -0.25) is 14.5 Å². The Morgan fingerprint density at radius 2 is 1.70 bits per heavy atom. The van der Waals surface area contributed by atoms with Crippen LogP contribution in [0.25, 0.3) is 0 Å². The highest BCUT2D eigenvalue weighted by Gasteiger charge is 2.52. The van der Waals surface area contributed by atoms with Crippen molar-refractivity contribution in [3.05, 3.63) is 47.7 Å². The number of rotatable bonds is 17. The SMILES string of the molecule is CCCCCCCCCC(CCCC(C)CC(=O)N[C@@H]1C(=O)N2C(C(=O)O)=CCS[C@H]12)c1ccccc1. The number of benzene rings is 1. The Balaban J connectivity index is 1.38. The lowest BCUT2D eigenvalue weighted by atomic mass is 9.87. The molecule has 0 spiro atoms. The number of carbonyl (C=O) groups is 3. The van der Waals surface area contributed by atoms with Gasteiger partial charge in [-0.05, 0) is 36.3 Å². The van der Waals surface area contributed by atoms with E-state index >= 15 is 0 Å². The first-order chi connectivity index (χ1) is 17.9. The molecule has 2 aliphatic heterocycles. The van der Waals surface area contributed by atoms with Crippen LogP contribution >= 0.6 is 11.8 Å². The summed E-state index contributed by atoms with van der Waals surface area (Å²) in [7, 11) is 0. The highest BCUT2D eigenvalue weighted by Crippen LogP contribution is 2.37. The number of nitrogens with zero attached hydrogens (tertiary/aromatic N) is 1. The van der Waals surface area contributed by atoms with E-state index in [0.29, 0.717) is 18.1 Å². The molecule has 7 heteroatoms. The minimum atomic E-state index is -1.10. The van der Waals surface area contributed by atoms with Crippen LogP contribution in [-0.4, -0.2) is 45.0 Å². The zero-order chi connectivity index (χ0) is 26.6. The molecular formula is C30H44N2O4S. The van der Waals surface area contributed by atoms with Gasteiger partial charge in [-0.15, -0.1) is 11.8 Å². The van der Waals surface area contributed by atoms with Crippen LogP contribution in [0, 0.1) is 5.92 Å². The van der Waals surface area contributed by atoms with E-state index in [1.54, 1.807) is 6.08 Å². The molecule has 1 aromatic rings. The molecule has 1 saturated heterocycles. The smallest absolute Gasteiger partial charge is 0.352 e. The molecule has 0 radical (unpaired) electrons. The predicted octanol–water partition coefficient (Wildman–Crippen LogP) is 6.48. The van der Waals surface area contributed by atoms with Gasteiger partial charge in [-0.1, -0.05) is 102 Å². The standard InChI is InChI=1S/C30H44N2O4S/c1-3-4-5-6-7-8-10-15-24(23-16-11-9-12-17-23)18-13-14-22(2)21-26(33)31-27-28(34)32-25(30(35)36)19-20-37-29(27)32/h9,11-12,16-17,19,22,24,27,29H,3-8,10,13-15,18,20-21H2,1-2H3,(H,31,33)(H,35,36)/t22?,24?,27-,29-/m1/s1. The van der Waals surface area contributed by atoms with Crippen molar-refractivity contribution < 1.29 is 19.5 Å². The van der Waals surface area contributed by atoms with Crippen LogP contribution in [0.5, 0.6) is 0 Å². The normalized spacial score (nSPS) is 20.4. The molecule has 3 rings (SSSR count). The fraction of sp³-hybridized carbons (Fsp3) is 0.633. The maximum absolute atomic E-state index is 12.7. The first-order valence-electron chi connectivity index (χ1n) is 14.1. The number of aliphatic carboxylic acids is 1. The maximum atomic E-state index is 12.7. The van der Waals surface area contributed by atoms with Gasteiger partial charge in [0.2, 0.25) is 5.91 Å². The molecule has 2 amide bonds. The van der Waals surface area contributed by atoms with E-state index in [-0.39, 0.29) is 28.8 Å². The van der Waals surface area contributed by atoms with E-state index in [2.05, 4.69) is 49.5 Å². The second-order valence-electron chi connectivity index (χ2n) is 10.6. The quantitative estimate of drug-likeness (QED) is 0.179. The van der Waals surface area contributed by atoms with Crippen molar-refractivity contribution in [2.45, 2.75) is 108 Å². The number of thioether (sulfide) groups is 1. The van der Waals surface area contributed by atoms with Crippen molar-refractivity contribution in [3.8, 4) is 0 Å². The van der Waals surface area contributed by atoms with Gasteiger partial charge < -0.3 is 10.4 Å². The molecule has 0 saturated carbocycles. The zero-order valence-electron chi connectivity index (χ0n) is 22.5. The van der Waals surface area contributed by atoms with Gasteiger partial charge in [-0.2, -0.15) is 0 Å². The van der Waals surface area contributed by atoms with E-state index in [9.17, 15) is 19.5 Å². The molecule has 4 atom stereocenters. The first kappa shape index (κ1) is 29.3. The molecule has 2 aliphatic rings. The van der Waals surface area contributed by atoms with Gasteiger partial charge in [0, 0.05) is 12.2 Å². The van der Waals surface area contributed by atoms with E-state index < -0.39 is 12.0 Å². The van der Waals surface area contributed by atoms with Crippen molar-refractivity contribution in [1.29, 1.82) is 0 Å². The fourth-order valence-electron chi connectivity index (χ4n) is 5.45. The lowest BCUT2D eigenvalue weighted by molar-refractivity contribution is -0.150. The number of hydrogen-bond donors (Lipinski definition) is 2. The molecule has 0 aromatic heterocycles. The van der Waals surface area contributed by atoms with Crippen molar-refractivity contribution in [2.24, 2.45) is 5.92 Å². The molecule has 0 bridgehead atoms. The summed E-state index contributed by atoms with van der Waals surface area (Å²) < 4.78 is 0. The Hall–Kier alpha value is -2.28. The van der Waals surface area contributed by atoms with Gasteiger partial charge in [-0.25, -0.2) is 4.79 Å². The van der Waals surface area contributed by atoms with Crippen LogP contribution in [0.2, 0.25) is 0 Å². The molecule has 2 unspecified atom stereocenters. The summed E-state index contributed by atoms with van der Waals surface area (Å²) in [4.78, 5) is 37.8. The molecule has 204 valence electrons. The third kappa shape index (κ3) is 8.62. The molecular weight excluding hydrogens is 484 g/mol. The van der Waals surface area contributed by atoms with Crippen LogP contribution < -0.4 is 5.32 Å². The van der Waals surface area contributed by atoms with Crippen LogP contribution in [0.15, 0.2) is 42.1 Å². The van der Waals surface area contributed by atoms with Crippen LogP contribution in [0.4, 0.5) is 0 Å². The Labute approximate surface area is 226 Å². The van der Waals surface area contributed by atoms with Crippen molar-refractivity contribution in [3.63, 3.8) is 0 Å². The third-order valence-corrected chi connectivity index (χ3v) is 8.78. The number of β-lactam (4-membered cyclic amide) rings is 1. The van der Waals surface area contributed by atoms with E-state index in [0.717, 1.165) is 19.3 Å². The number of hydrogen-bond acceptors (Lipinski definition) is 4. The molecule has 1 fully saturated rings. The van der Waals surface area contributed by atoms with Gasteiger partial charge in [0.15, 0.2) is 0 Å². The summed E-state index contributed by atoms with van der Waals surface area (Å²) in [6.45, 7) is 4.36. The predicted molar refractivity (Wildman–Crippen MR) is 150 cm³/mol.